The Hall–Kier alpha value is -1.76. The highest BCUT2D eigenvalue weighted by atomic mass is 16.5. The first kappa shape index (κ1) is 18.0. The third-order valence-corrected chi connectivity index (χ3v) is 4.55. The SMILES string of the molecule is CNC(C)Cc1noc(-c2ccc(CN3CC(C)OC(C)C3)cc2)n1. The highest BCUT2D eigenvalue weighted by Gasteiger charge is 2.22. The van der Waals surface area contributed by atoms with Gasteiger partial charge in [0.15, 0.2) is 5.82 Å². The summed E-state index contributed by atoms with van der Waals surface area (Å²) in [5.74, 6) is 1.32. The van der Waals surface area contributed by atoms with E-state index >= 15 is 0 Å². The van der Waals surface area contributed by atoms with Crippen LogP contribution in [0.4, 0.5) is 0 Å². The van der Waals surface area contributed by atoms with Crippen LogP contribution in [-0.2, 0) is 17.7 Å². The van der Waals surface area contributed by atoms with E-state index in [4.69, 9.17) is 9.26 Å². The van der Waals surface area contributed by atoms with Crippen LogP contribution in [0.3, 0.4) is 0 Å². The van der Waals surface area contributed by atoms with Crippen molar-refractivity contribution in [1.29, 1.82) is 0 Å². The summed E-state index contributed by atoms with van der Waals surface area (Å²) < 4.78 is 11.2. The van der Waals surface area contributed by atoms with Gasteiger partial charge in [0.25, 0.3) is 5.89 Å². The number of rotatable bonds is 6. The van der Waals surface area contributed by atoms with Crippen molar-refractivity contribution in [3.63, 3.8) is 0 Å². The molecule has 1 aliphatic rings. The van der Waals surface area contributed by atoms with Crippen LogP contribution in [-0.4, -0.2) is 53.4 Å². The van der Waals surface area contributed by atoms with Gasteiger partial charge in [0.1, 0.15) is 0 Å². The van der Waals surface area contributed by atoms with E-state index in [1.54, 1.807) is 0 Å². The summed E-state index contributed by atoms with van der Waals surface area (Å²) in [7, 11) is 1.93. The number of benzene rings is 1. The lowest BCUT2D eigenvalue weighted by Gasteiger charge is -2.35. The molecule has 0 aliphatic carbocycles. The van der Waals surface area contributed by atoms with Crippen molar-refractivity contribution in [2.45, 2.75) is 52.0 Å². The molecule has 3 atom stereocenters. The average molecular weight is 344 g/mol. The van der Waals surface area contributed by atoms with Crippen LogP contribution in [0.2, 0.25) is 0 Å². The van der Waals surface area contributed by atoms with Gasteiger partial charge in [0.05, 0.1) is 12.2 Å². The number of hydrogen-bond donors (Lipinski definition) is 1. The second-order valence-corrected chi connectivity index (χ2v) is 7.06. The number of ether oxygens (including phenoxy) is 1. The minimum atomic E-state index is 0.292. The molecule has 1 saturated heterocycles. The lowest BCUT2D eigenvalue weighted by Crippen LogP contribution is -2.44. The normalized spacial score (nSPS) is 22.9. The first-order chi connectivity index (χ1) is 12.0. The van der Waals surface area contributed by atoms with Crippen LogP contribution in [0.5, 0.6) is 0 Å². The second kappa shape index (κ2) is 8.08. The van der Waals surface area contributed by atoms with E-state index in [0.29, 0.717) is 24.1 Å². The highest BCUT2D eigenvalue weighted by Crippen LogP contribution is 2.20. The van der Waals surface area contributed by atoms with Crippen LogP contribution < -0.4 is 5.32 Å². The summed E-state index contributed by atoms with van der Waals surface area (Å²) >= 11 is 0. The lowest BCUT2D eigenvalue weighted by atomic mass is 10.1. The molecule has 0 bridgehead atoms. The van der Waals surface area contributed by atoms with Crippen LogP contribution >= 0.6 is 0 Å². The molecule has 1 aliphatic heterocycles. The van der Waals surface area contributed by atoms with Gasteiger partial charge >= 0.3 is 0 Å². The van der Waals surface area contributed by atoms with Gasteiger partial charge < -0.3 is 14.6 Å². The molecule has 2 heterocycles. The largest absolute Gasteiger partial charge is 0.373 e. The summed E-state index contributed by atoms with van der Waals surface area (Å²) in [5, 5.41) is 7.24. The fourth-order valence-electron chi connectivity index (χ4n) is 3.25. The Labute approximate surface area is 149 Å². The number of nitrogens with zero attached hydrogens (tertiary/aromatic N) is 3. The molecule has 0 spiro atoms. The number of hydrogen-bond acceptors (Lipinski definition) is 6. The van der Waals surface area contributed by atoms with Crippen LogP contribution in [0.1, 0.15) is 32.2 Å². The molecule has 3 unspecified atom stereocenters. The Bertz CT molecular complexity index is 660. The quantitative estimate of drug-likeness (QED) is 0.869. The molecular formula is C19H28N4O2. The molecule has 0 saturated carbocycles. The summed E-state index contributed by atoms with van der Waals surface area (Å²) in [6, 6.07) is 8.72. The van der Waals surface area contributed by atoms with Gasteiger partial charge in [0, 0.05) is 37.7 Å². The van der Waals surface area contributed by atoms with E-state index in [1.807, 2.05) is 7.05 Å². The Kier molecular flexibility index (Phi) is 5.83. The molecule has 1 aromatic carbocycles. The van der Waals surface area contributed by atoms with E-state index in [9.17, 15) is 0 Å². The van der Waals surface area contributed by atoms with Crippen molar-refractivity contribution >= 4 is 0 Å². The van der Waals surface area contributed by atoms with E-state index in [1.165, 1.54) is 5.56 Å². The molecule has 0 radical (unpaired) electrons. The fourth-order valence-corrected chi connectivity index (χ4v) is 3.25. The summed E-state index contributed by atoms with van der Waals surface area (Å²) in [6.07, 6.45) is 1.34. The van der Waals surface area contributed by atoms with Crippen LogP contribution in [0, 0.1) is 0 Å². The van der Waals surface area contributed by atoms with Gasteiger partial charge in [-0.15, -0.1) is 0 Å². The minimum absolute atomic E-state index is 0.292. The van der Waals surface area contributed by atoms with Crippen molar-refractivity contribution in [2.75, 3.05) is 20.1 Å². The van der Waals surface area contributed by atoms with Gasteiger partial charge in [-0.2, -0.15) is 4.98 Å². The standard InChI is InChI=1S/C19H28N4O2/c1-13(20-4)9-18-21-19(25-22-18)17-7-5-16(6-8-17)12-23-10-14(2)24-15(3)11-23/h5-8,13-15,20H,9-12H2,1-4H3. The van der Waals surface area contributed by atoms with Crippen LogP contribution in [0.15, 0.2) is 28.8 Å². The Morgan fingerprint density at radius 1 is 1.20 bits per heavy atom. The fraction of sp³-hybridized carbons (Fsp3) is 0.579. The Morgan fingerprint density at radius 3 is 2.52 bits per heavy atom. The van der Waals surface area contributed by atoms with Gasteiger partial charge in [-0.3, -0.25) is 4.90 Å². The predicted molar refractivity (Wildman–Crippen MR) is 97.2 cm³/mol. The van der Waals surface area contributed by atoms with Crippen molar-refractivity contribution < 1.29 is 9.26 Å². The van der Waals surface area contributed by atoms with Gasteiger partial charge in [-0.1, -0.05) is 17.3 Å². The maximum absolute atomic E-state index is 5.80. The van der Waals surface area contributed by atoms with Crippen LogP contribution in [0.25, 0.3) is 11.5 Å². The zero-order valence-electron chi connectivity index (χ0n) is 15.5. The summed E-state index contributed by atoms with van der Waals surface area (Å²) in [5.41, 5.74) is 2.25. The third kappa shape index (κ3) is 4.87. The molecule has 1 fully saturated rings. The average Bonchev–Trinajstić information content (AvgIpc) is 3.03. The maximum atomic E-state index is 5.80. The van der Waals surface area contributed by atoms with E-state index in [0.717, 1.165) is 37.4 Å². The minimum Gasteiger partial charge on any atom is -0.373 e. The van der Waals surface area contributed by atoms with E-state index in [-0.39, 0.29) is 0 Å². The van der Waals surface area contributed by atoms with Crippen molar-refractivity contribution in [2.24, 2.45) is 0 Å². The molecule has 6 heteroatoms. The lowest BCUT2D eigenvalue weighted by molar-refractivity contribution is -0.0704. The van der Waals surface area contributed by atoms with Gasteiger partial charge in [-0.25, -0.2) is 0 Å². The Balaban J connectivity index is 1.62. The summed E-state index contributed by atoms with van der Waals surface area (Å²) in [6.45, 7) is 9.25. The number of likely N-dealkylation sites (N-methyl/N-ethyl adjacent to an activating group) is 1. The van der Waals surface area contributed by atoms with E-state index < -0.39 is 0 Å². The molecule has 25 heavy (non-hydrogen) atoms. The zero-order valence-corrected chi connectivity index (χ0v) is 15.5. The third-order valence-electron chi connectivity index (χ3n) is 4.55. The topological polar surface area (TPSA) is 63.4 Å². The molecule has 6 nitrogen and oxygen atoms in total. The van der Waals surface area contributed by atoms with Crippen molar-refractivity contribution in [3.05, 3.63) is 35.7 Å². The Morgan fingerprint density at radius 2 is 1.88 bits per heavy atom. The van der Waals surface area contributed by atoms with Crippen molar-refractivity contribution in [1.82, 2.24) is 20.4 Å². The van der Waals surface area contributed by atoms with Gasteiger partial charge in [-0.05, 0) is 45.5 Å². The molecular weight excluding hydrogens is 316 g/mol. The maximum Gasteiger partial charge on any atom is 0.257 e. The van der Waals surface area contributed by atoms with Crippen molar-refractivity contribution in [3.8, 4) is 11.5 Å². The van der Waals surface area contributed by atoms with Gasteiger partial charge in [0.2, 0.25) is 0 Å². The smallest absolute Gasteiger partial charge is 0.257 e. The second-order valence-electron chi connectivity index (χ2n) is 7.06. The molecule has 1 aromatic heterocycles. The molecule has 3 rings (SSSR count). The molecule has 136 valence electrons. The monoisotopic (exact) mass is 344 g/mol. The number of morpholine rings is 1. The molecule has 0 amide bonds. The zero-order chi connectivity index (χ0) is 17.8. The predicted octanol–water partition coefficient (Wildman–Crippen LogP) is 2.50. The first-order valence-electron chi connectivity index (χ1n) is 9.00. The molecule has 2 aromatic rings. The highest BCUT2D eigenvalue weighted by molar-refractivity contribution is 5.53. The number of nitrogens with one attached hydrogen (secondary N) is 1. The first-order valence-corrected chi connectivity index (χ1v) is 9.00. The van der Waals surface area contributed by atoms with E-state index in [2.05, 4.69) is 65.4 Å². The number of aromatic nitrogens is 2. The molecule has 1 N–H and O–H groups in total. The summed E-state index contributed by atoms with van der Waals surface area (Å²) in [4.78, 5) is 6.93.